The molecule has 2 aromatic rings. The van der Waals surface area contributed by atoms with Crippen LogP contribution in [0.3, 0.4) is 0 Å². The zero-order chi connectivity index (χ0) is 12.4. The largest absolute Gasteiger partial charge is 0.486 e. The molecule has 0 bridgehead atoms. The molecule has 0 saturated heterocycles. The Morgan fingerprint density at radius 2 is 2.39 bits per heavy atom. The monoisotopic (exact) mass is 261 g/mol. The van der Waals surface area contributed by atoms with Gasteiger partial charge in [-0.2, -0.15) is 0 Å². The normalized spacial score (nSPS) is 18.4. The first-order valence-corrected chi connectivity index (χ1v) is 7.03. The third kappa shape index (κ3) is 2.40. The number of thiazole rings is 1. The number of aliphatic hydroxyl groups excluding tert-OH is 1. The van der Waals surface area contributed by atoms with E-state index in [2.05, 4.69) is 11.1 Å². The van der Waals surface area contributed by atoms with E-state index in [1.165, 1.54) is 5.56 Å². The summed E-state index contributed by atoms with van der Waals surface area (Å²) < 4.78 is 5.70. The topological polar surface area (TPSA) is 42.4 Å². The van der Waals surface area contributed by atoms with Gasteiger partial charge in [-0.05, 0) is 42.5 Å². The standard InChI is InChI=1S/C14H15NO2S/c16-13-3-1-2-10-4-5-11(8-12(10)13)17-9-14-15-6-7-18-14/h4-8,13,16H,1-3,9H2. The Balaban J connectivity index is 1.75. The quantitative estimate of drug-likeness (QED) is 0.923. The predicted octanol–water partition coefficient (Wildman–Crippen LogP) is 3.09. The van der Waals surface area contributed by atoms with Crippen LogP contribution in [0.15, 0.2) is 29.8 Å². The highest BCUT2D eigenvalue weighted by Crippen LogP contribution is 2.32. The van der Waals surface area contributed by atoms with Crippen LogP contribution in [0.25, 0.3) is 0 Å². The number of aliphatic hydroxyl groups is 1. The lowest BCUT2D eigenvalue weighted by Crippen LogP contribution is -2.09. The van der Waals surface area contributed by atoms with Crippen LogP contribution >= 0.6 is 11.3 Å². The van der Waals surface area contributed by atoms with Crippen LogP contribution in [0.1, 0.15) is 35.1 Å². The summed E-state index contributed by atoms with van der Waals surface area (Å²) in [7, 11) is 0. The molecule has 1 atom stereocenters. The minimum Gasteiger partial charge on any atom is -0.486 e. The molecule has 0 amide bonds. The predicted molar refractivity (Wildman–Crippen MR) is 70.8 cm³/mol. The molecule has 1 aromatic carbocycles. The van der Waals surface area contributed by atoms with Crippen LogP contribution in [0.4, 0.5) is 0 Å². The minimum absolute atomic E-state index is 0.336. The highest BCUT2D eigenvalue weighted by molar-refractivity contribution is 7.09. The average molecular weight is 261 g/mol. The van der Waals surface area contributed by atoms with Gasteiger partial charge in [0.2, 0.25) is 0 Å². The molecule has 1 aliphatic carbocycles. The third-order valence-corrected chi connectivity index (χ3v) is 4.00. The molecular formula is C14H15NO2S. The molecule has 4 heteroatoms. The van der Waals surface area contributed by atoms with Gasteiger partial charge in [-0.1, -0.05) is 6.07 Å². The molecule has 1 aromatic heterocycles. The highest BCUT2D eigenvalue weighted by Gasteiger charge is 2.18. The summed E-state index contributed by atoms with van der Waals surface area (Å²) in [6.07, 6.45) is 4.41. The molecule has 94 valence electrons. The summed E-state index contributed by atoms with van der Waals surface area (Å²) in [5, 5.41) is 12.9. The number of hydrogen-bond acceptors (Lipinski definition) is 4. The van der Waals surface area contributed by atoms with Crippen molar-refractivity contribution in [3.63, 3.8) is 0 Å². The number of hydrogen-bond donors (Lipinski definition) is 1. The molecule has 3 nitrogen and oxygen atoms in total. The number of rotatable bonds is 3. The molecule has 0 radical (unpaired) electrons. The highest BCUT2D eigenvalue weighted by atomic mass is 32.1. The zero-order valence-corrected chi connectivity index (χ0v) is 10.8. The Kier molecular flexibility index (Phi) is 3.30. The van der Waals surface area contributed by atoms with Gasteiger partial charge in [-0.15, -0.1) is 11.3 Å². The van der Waals surface area contributed by atoms with Gasteiger partial charge in [0.05, 0.1) is 6.10 Å². The summed E-state index contributed by atoms with van der Waals surface area (Å²) in [5.74, 6) is 0.810. The van der Waals surface area contributed by atoms with E-state index < -0.39 is 0 Å². The molecule has 1 aliphatic rings. The van der Waals surface area contributed by atoms with Gasteiger partial charge in [0.25, 0.3) is 0 Å². The summed E-state index contributed by atoms with van der Waals surface area (Å²) in [6.45, 7) is 0.493. The first-order chi connectivity index (χ1) is 8.83. The van der Waals surface area contributed by atoms with Crippen molar-refractivity contribution in [2.45, 2.75) is 32.0 Å². The van der Waals surface area contributed by atoms with Crippen molar-refractivity contribution in [3.8, 4) is 5.75 Å². The first-order valence-electron chi connectivity index (χ1n) is 6.15. The molecule has 1 heterocycles. The SMILES string of the molecule is OC1CCCc2ccc(OCc3nccs3)cc21. The van der Waals surface area contributed by atoms with Crippen LogP contribution in [0, 0.1) is 0 Å². The molecule has 0 spiro atoms. The maximum absolute atomic E-state index is 9.97. The minimum atomic E-state index is -0.336. The zero-order valence-electron chi connectivity index (χ0n) is 10.0. The summed E-state index contributed by atoms with van der Waals surface area (Å²) in [4.78, 5) is 4.18. The van der Waals surface area contributed by atoms with E-state index in [1.807, 2.05) is 17.5 Å². The van der Waals surface area contributed by atoms with Gasteiger partial charge in [-0.3, -0.25) is 0 Å². The average Bonchev–Trinajstić information content (AvgIpc) is 2.90. The smallest absolute Gasteiger partial charge is 0.140 e. The lowest BCUT2D eigenvalue weighted by Gasteiger charge is -2.21. The van der Waals surface area contributed by atoms with Crippen molar-refractivity contribution >= 4 is 11.3 Å². The van der Waals surface area contributed by atoms with Crippen molar-refractivity contribution in [2.75, 3.05) is 0 Å². The van der Waals surface area contributed by atoms with E-state index in [0.717, 1.165) is 35.6 Å². The number of nitrogens with zero attached hydrogens (tertiary/aromatic N) is 1. The first kappa shape index (κ1) is 11.7. The molecule has 1 N–H and O–H groups in total. The van der Waals surface area contributed by atoms with Gasteiger partial charge in [-0.25, -0.2) is 4.98 Å². The second kappa shape index (κ2) is 5.08. The van der Waals surface area contributed by atoms with Crippen molar-refractivity contribution < 1.29 is 9.84 Å². The van der Waals surface area contributed by atoms with E-state index >= 15 is 0 Å². The Morgan fingerprint density at radius 1 is 1.44 bits per heavy atom. The summed E-state index contributed by atoms with van der Waals surface area (Å²) >= 11 is 1.59. The number of ether oxygens (including phenoxy) is 1. The van der Waals surface area contributed by atoms with Crippen LogP contribution in [-0.2, 0) is 13.0 Å². The Labute approximate surface area is 110 Å². The number of benzene rings is 1. The van der Waals surface area contributed by atoms with Gasteiger partial charge in [0, 0.05) is 11.6 Å². The van der Waals surface area contributed by atoms with Crippen LogP contribution in [-0.4, -0.2) is 10.1 Å². The number of aromatic nitrogens is 1. The van der Waals surface area contributed by atoms with E-state index in [-0.39, 0.29) is 6.10 Å². The van der Waals surface area contributed by atoms with Crippen LogP contribution in [0.5, 0.6) is 5.75 Å². The van der Waals surface area contributed by atoms with E-state index in [9.17, 15) is 5.11 Å². The Bertz CT molecular complexity index is 525. The number of aryl methyl sites for hydroxylation is 1. The van der Waals surface area contributed by atoms with E-state index in [4.69, 9.17) is 4.74 Å². The van der Waals surface area contributed by atoms with Gasteiger partial charge in [0.1, 0.15) is 17.4 Å². The lowest BCUT2D eigenvalue weighted by molar-refractivity contribution is 0.156. The fourth-order valence-corrected chi connectivity index (χ4v) is 2.84. The fraction of sp³-hybridized carbons (Fsp3) is 0.357. The molecule has 0 fully saturated rings. The molecule has 0 aliphatic heterocycles. The second-order valence-corrected chi connectivity index (χ2v) is 5.46. The maximum Gasteiger partial charge on any atom is 0.140 e. The fourth-order valence-electron chi connectivity index (χ4n) is 2.31. The molecule has 3 rings (SSSR count). The molecule has 18 heavy (non-hydrogen) atoms. The summed E-state index contributed by atoms with van der Waals surface area (Å²) in [6, 6.07) is 6.01. The van der Waals surface area contributed by atoms with Crippen molar-refractivity contribution in [3.05, 3.63) is 45.9 Å². The van der Waals surface area contributed by atoms with Gasteiger partial charge < -0.3 is 9.84 Å². The van der Waals surface area contributed by atoms with Gasteiger partial charge >= 0.3 is 0 Å². The van der Waals surface area contributed by atoms with E-state index in [0.29, 0.717) is 6.61 Å². The number of fused-ring (bicyclic) bond motifs is 1. The van der Waals surface area contributed by atoms with Crippen LogP contribution in [0.2, 0.25) is 0 Å². The second-order valence-electron chi connectivity index (χ2n) is 4.48. The lowest BCUT2D eigenvalue weighted by atomic mass is 9.89. The Morgan fingerprint density at radius 3 is 3.22 bits per heavy atom. The molecule has 0 saturated carbocycles. The Hall–Kier alpha value is -1.39. The van der Waals surface area contributed by atoms with Crippen molar-refractivity contribution in [2.24, 2.45) is 0 Å². The third-order valence-electron chi connectivity index (χ3n) is 3.25. The molecular weight excluding hydrogens is 246 g/mol. The van der Waals surface area contributed by atoms with Gasteiger partial charge in [0.15, 0.2) is 0 Å². The molecule has 1 unspecified atom stereocenters. The van der Waals surface area contributed by atoms with Crippen LogP contribution < -0.4 is 4.74 Å². The van der Waals surface area contributed by atoms with E-state index in [1.54, 1.807) is 17.5 Å². The maximum atomic E-state index is 9.97. The summed E-state index contributed by atoms with van der Waals surface area (Å²) in [5.41, 5.74) is 2.27. The van der Waals surface area contributed by atoms with Crippen molar-refractivity contribution in [1.82, 2.24) is 4.98 Å². The van der Waals surface area contributed by atoms with Crippen molar-refractivity contribution in [1.29, 1.82) is 0 Å².